The van der Waals surface area contributed by atoms with E-state index in [4.69, 9.17) is 0 Å². The summed E-state index contributed by atoms with van der Waals surface area (Å²) in [7, 11) is -3.25. The molecule has 0 saturated heterocycles. The van der Waals surface area contributed by atoms with Gasteiger partial charge in [0.2, 0.25) is 10.0 Å². The van der Waals surface area contributed by atoms with Crippen molar-refractivity contribution >= 4 is 21.5 Å². The van der Waals surface area contributed by atoms with E-state index in [2.05, 4.69) is 4.72 Å². The number of Topliss-reactive ketones (excluding diaryl/α,β-unsaturated/α-hetero) is 1. The van der Waals surface area contributed by atoms with Crippen LogP contribution in [-0.4, -0.2) is 20.5 Å². The Balaban J connectivity index is 2.75. The van der Waals surface area contributed by atoms with Gasteiger partial charge in [-0.25, -0.2) is 8.42 Å². The Bertz CT molecular complexity index is 524. The Morgan fingerprint density at radius 1 is 1.17 bits per heavy atom. The number of carbonyl (C=O) groups excluding carboxylic acids is 1. The van der Waals surface area contributed by atoms with Crippen LogP contribution in [0, 0.1) is 5.41 Å². The van der Waals surface area contributed by atoms with Crippen molar-refractivity contribution in [1.29, 1.82) is 0 Å². The first-order valence-corrected chi connectivity index (χ1v) is 7.57. The van der Waals surface area contributed by atoms with Crippen molar-refractivity contribution in [2.45, 2.75) is 27.2 Å². The van der Waals surface area contributed by atoms with Gasteiger partial charge < -0.3 is 0 Å². The van der Waals surface area contributed by atoms with Crippen LogP contribution < -0.4 is 4.72 Å². The average molecular weight is 269 g/mol. The largest absolute Gasteiger partial charge is 0.299 e. The molecule has 5 heteroatoms. The van der Waals surface area contributed by atoms with Crippen LogP contribution in [0.2, 0.25) is 0 Å². The van der Waals surface area contributed by atoms with Crippen molar-refractivity contribution in [3.63, 3.8) is 0 Å². The van der Waals surface area contributed by atoms with Gasteiger partial charge in [-0.3, -0.25) is 9.52 Å². The monoisotopic (exact) mass is 269 g/mol. The first kappa shape index (κ1) is 14.7. The number of rotatable bonds is 4. The van der Waals surface area contributed by atoms with Crippen LogP contribution in [-0.2, 0) is 21.2 Å². The maximum atomic E-state index is 11.8. The van der Waals surface area contributed by atoms with Crippen LogP contribution >= 0.6 is 0 Å². The van der Waals surface area contributed by atoms with Gasteiger partial charge >= 0.3 is 0 Å². The van der Waals surface area contributed by atoms with Gasteiger partial charge in [-0.1, -0.05) is 32.9 Å². The molecule has 1 aromatic rings. The molecule has 18 heavy (non-hydrogen) atoms. The number of nitrogens with one attached hydrogen (secondary N) is 1. The van der Waals surface area contributed by atoms with E-state index in [0.717, 1.165) is 11.8 Å². The SMILES string of the molecule is CC(C)(C)C(=O)Cc1ccc(NS(C)(=O)=O)cc1. The van der Waals surface area contributed by atoms with Crippen LogP contribution in [0.15, 0.2) is 24.3 Å². The van der Waals surface area contributed by atoms with Crippen LogP contribution in [0.5, 0.6) is 0 Å². The predicted molar refractivity (Wildman–Crippen MR) is 73.1 cm³/mol. The van der Waals surface area contributed by atoms with E-state index in [1.54, 1.807) is 24.3 Å². The van der Waals surface area contributed by atoms with E-state index in [-0.39, 0.29) is 11.2 Å². The minimum Gasteiger partial charge on any atom is -0.299 e. The summed E-state index contributed by atoms with van der Waals surface area (Å²) in [4.78, 5) is 11.8. The quantitative estimate of drug-likeness (QED) is 0.911. The Labute approximate surface area is 108 Å². The van der Waals surface area contributed by atoms with Crippen molar-refractivity contribution in [3.8, 4) is 0 Å². The summed E-state index contributed by atoms with van der Waals surface area (Å²) in [5.41, 5.74) is 1.03. The zero-order valence-electron chi connectivity index (χ0n) is 11.1. The number of hydrogen-bond donors (Lipinski definition) is 1. The van der Waals surface area contributed by atoms with Gasteiger partial charge in [-0.15, -0.1) is 0 Å². The lowest BCUT2D eigenvalue weighted by molar-refractivity contribution is -0.125. The van der Waals surface area contributed by atoms with Crippen molar-refractivity contribution in [2.24, 2.45) is 5.41 Å². The first-order valence-electron chi connectivity index (χ1n) is 5.68. The molecular formula is C13H19NO3S. The molecule has 0 spiro atoms. The van der Waals surface area contributed by atoms with Crippen molar-refractivity contribution < 1.29 is 13.2 Å². The summed E-state index contributed by atoms with van der Waals surface area (Å²) in [5.74, 6) is 0.159. The molecule has 0 fully saturated rings. The number of anilines is 1. The van der Waals surface area contributed by atoms with Crippen LogP contribution in [0.4, 0.5) is 5.69 Å². The van der Waals surface area contributed by atoms with E-state index in [9.17, 15) is 13.2 Å². The summed E-state index contributed by atoms with van der Waals surface area (Å²) < 4.78 is 24.4. The van der Waals surface area contributed by atoms with Crippen molar-refractivity contribution in [3.05, 3.63) is 29.8 Å². The molecule has 1 rings (SSSR count). The lowest BCUT2D eigenvalue weighted by Crippen LogP contribution is -2.22. The third-order valence-electron chi connectivity index (χ3n) is 2.46. The lowest BCUT2D eigenvalue weighted by atomic mass is 9.87. The van der Waals surface area contributed by atoms with Crippen molar-refractivity contribution in [2.75, 3.05) is 11.0 Å². The third-order valence-corrected chi connectivity index (χ3v) is 3.06. The fourth-order valence-electron chi connectivity index (χ4n) is 1.36. The second-order valence-corrected chi connectivity index (χ2v) is 7.17. The fourth-order valence-corrected chi connectivity index (χ4v) is 1.92. The number of sulfonamides is 1. The zero-order chi connectivity index (χ0) is 14.0. The molecule has 0 heterocycles. The summed E-state index contributed by atoms with van der Waals surface area (Å²) in [5, 5.41) is 0. The van der Waals surface area contributed by atoms with E-state index < -0.39 is 10.0 Å². The maximum Gasteiger partial charge on any atom is 0.229 e. The minimum absolute atomic E-state index is 0.159. The van der Waals surface area contributed by atoms with Gasteiger partial charge in [-0.05, 0) is 17.7 Å². The lowest BCUT2D eigenvalue weighted by Gasteiger charge is -2.16. The molecule has 0 saturated carbocycles. The molecule has 4 nitrogen and oxygen atoms in total. The van der Waals surface area contributed by atoms with E-state index in [1.165, 1.54) is 0 Å². The van der Waals surface area contributed by atoms with Crippen LogP contribution in [0.3, 0.4) is 0 Å². The molecule has 0 unspecified atom stereocenters. The van der Waals surface area contributed by atoms with Crippen LogP contribution in [0.25, 0.3) is 0 Å². The Morgan fingerprint density at radius 2 is 1.67 bits per heavy atom. The minimum atomic E-state index is -3.25. The standard InChI is InChI=1S/C13H19NO3S/c1-13(2,3)12(15)9-10-5-7-11(8-6-10)14-18(4,16)17/h5-8,14H,9H2,1-4H3. The summed E-state index contributed by atoms with van der Waals surface area (Å²) in [6.07, 6.45) is 1.46. The summed E-state index contributed by atoms with van der Waals surface area (Å²) in [6, 6.07) is 6.84. The highest BCUT2D eigenvalue weighted by atomic mass is 32.2. The normalized spacial score (nSPS) is 12.2. The molecule has 0 aliphatic rings. The third kappa shape index (κ3) is 4.87. The van der Waals surface area contributed by atoms with Gasteiger partial charge in [-0.2, -0.15) is 0 Å². The highest BCUT2D eigenvalue weighted by molar-refractivity contribution is 7.92. The molecule has 0 radical (unpaired) electrons. The fraction of sp³-hybridized carbons (Fsp3) is 0.462. The smallest absolute Gasteiger partial charge is 0.229 e. The van der Waals surface area contributed by atoms with Gasteiger partial charge in [0, 0.05) is 17.5 Å². The van der Waals surface area contributed by atoms with E-state index in [0.29, 0.717) is 12.1 Å². The number of ketones is 1. The molecule has 0 aliphatic heterocycles. The number of hydrogen-bond acceptors (Lipinski definition) is 3. The molecule has 100 valence electrons. The molecule has 0 aliphatic carbocycles. The maximum absolute atomic E-state index is 11.8. The predicted octanol–water partition coefficient (Wildman–Crippen LogP) is 2.22. The molecule has 0 amide bonds. The number of carbonyl (C=O) groups is 1. The molecule has 0 bridgehead atoms. The highest BCUT2D eigenvalue weighted by Gasteiger charge is 2.20. The average Bonchev–Trinajstić information content (AvgIpc) is 2.17. The molecule has 1 aromatic carbocycles. The van der Waals surface area contributed by atoms with Gasteiger partial charge in [0.05, 0.1) is 6.26 Å². The summed E-state index contributed by atoms with van der Waals surface area (Å²) >= 11 is 0. The second kappa shape index (κ2) is 5.10. The topological polar surface area (TPSA) is 63.2 Å². The Morgan fingerprint density at radius 3 is 2.06 bits per heavy atom. The second-order valence-electron chi connectivity index (χ2n) is 5.42. The van der Waals surface area contributed by atoms with Gasteiger partial charge in [0.1, 0.15) is 5.78 Å². The molecular weight excluding hydrogens is 250 g/mol. The highest BCUT2D eigenvalue weighted by Crippen LogP contribution is 2.19. The first-order chi connectivity index (χ1) is 8.08. The Hall–Kier alpha value is -1.36. The van der Waals surface area contributed by atoms with Gasteiger partial charge in [0.25, 0.3) is 0 Å². The van der Waals surface area contributed by atoms with Crippen LogP contribution in [0.1, 0.15) is 26.3 Å². The number of benzene rings is 1. The van der Waals surface area contributed by atoms with E-state index >= 15 is 0 Å². The molecule has 0 aromatic heterocycles. The van der Waals surface area contributed by atoms with Crippen molar-refractivity contribution in [1.82, 2.24) is 0 Å². The van der Waals surface area contributed by atoms with E-state index in [1.807, 2.05) is 20.8 Å². The molecule has 0 atom stereocenters. The Kier molecular flexibility index (Phi) is 4.16. The molecule has 1 N–H and O–H groups in total. The van der Waals surface area contributed by atoms with Gasteiger partial charge in [0.15, 0.2) is 0 Å². The zero-order valence-corrected chi connectivity index (χ0v) is 12.0. The summed E-state index contributed by atoms with van der Waals surface area (Å²) in [6.45, 7) is 5.65.